The van der Waals surface area contributed by atoms with Crippen molar-refractivity contribution in [3.05, 3.63) is 41.8 Å². The molecule has 2 aromatic rings. The van der Waals surface area contributed by atoms with Crippen molar-refractivity contribution in [2.75, 3.05) is 0 Å². The highest BCUT2D eigenvalue weighted by Gasteiger charge is 2.12. The SMILES string of the molecule is CC[C@H](N)c1nc(Cc2ccncc2)no1. The molecule has 5 nitrogen and oxygen atoms in total. The van der Waals surface area contributed by atoms with Gasteiger partial charge in [-0.1, -0.05) is 12.1 Å². The van der Waals surface area contributed by atoms with Crippen LogP contribution in [0, 0.1) is 0 Å². The van der Waals surface area contributed by atoms with Gasteiger partial charge in [-0.05, 0) is 24.1 Å². The molecule has 0 aromatic carbocycles. The summed E-state index contributed by atoms with van der Waals surface area (Å²) in [6.45, 7) is 1.98. The lowest BCUT2D eigenvalue weighted by atomic mass is 10.2. The van der Waals surface area contributed by atoms with Crippen molar-refractivity contribution in [3.63, 3.8) is 0 Å². The molecule has 2 heterocycles. The third-order valence-electron chi connectivity index (χ3n) is 2.35. The van der Waals surface area contributed by atoms with Crippen molar-refractivity contribution < 1.29 is 4.52 Å². The Labute approximate surface area is 93.7 Å². The number of rotatable bonds is 4. The maximum Gasteiger partial charge on any atom is 0.243 e. The summed E-state index contributed by atoms with van der Waals surface area (Å²) in [6, 6.07) is 3.68. The monoisotopic (exact) mass is 218 g/mol. The van der Waals surface area contributed by atoms with Gasteiger partial charge in [-0.2, -0.15) is 4.98 Å². The smallest absolute Gasteiger partial charge is 0.243 e. The predicted molar refractivity (Wildman–Crippen MR) is 58.6 cm³/mol. The Morgan fingerprint density at radius 2 is 2.12 bits per heavy atom. The fraction of sp³-hybridized carbons (Fsp3) is 0.364. The van der Waals surface area contributed by atoms with E-state index in [-0.39, 0.29) is 6.04 Å². The minimum atomic E-state index is -0.168. The maximum atomic E-state index is 5.79. The van der Waals surface area contributed by atoms with Crippen molar-refractivity contribution in [1.29, 1.82) is 0 Å². The standard InChI is InChI=1S/C11H14N4O/c1-2-9(12)11-14-10(15-16-11)7-8-3-5-13-6-4-8/h3-6,9H,2,7,12H2,1H3/t9-/m0/s1. The first-order chi connectivity index (χ1) is 7.79. The van der Waals surface area contributed by atoms with E-state index in [4.69, 9.17) is 10.3 Å². The summed E-state index contributed by atoms with van der Waals surface area (Å²) in [5.41, 5.74) is 6.90. The van der Waals surface area contributed by atoms with Crippen LogP contribution in [-0.4, -0.2) is 15.1 Å². The van der Waals surface area contributed by atoms with Gasteiger partial charge in [0.05, 0.1) is 6.04 Å². The summed E-state index contributed by atoms with van der Waals surface area (Å²) in [6.07, 6.45) is 4.92. The molecule has 2 rings (SSSR count). The molecule has 2 aromatic heterocycles. The number of pyridine rings is 1. The summed E-state index contributed by atoms with van der Waals surface area (Å²) < 4.78 is 5.09. The van der Waals surface area contributed by atoms with E-state index in [1.165, 1.54) is 0 Å². The molecule has 0 saturated carbocycles. The summed E-state index contributed by atoms with van der Waals surface area (Å²) in [7, 11) is 0. The second kappa shape index (κ2) is 4.85. The lowest BCUT2D eigenvalue weighted by molar-refractivity contribution is 0.348. The van der Waals surface area contributed by atoms with Gasteiger partial charge in [-0.25, -0.2) is 0 Å². The lowest BCUT2D eigenvalue weighted by Crippen LogP contribution is -2.08. The first kappa shape index (κ1) is 10.8. The van der Waals surface area contributed by atoms with Crippen LogP contribution in [0.15, 0.2) is 29.0 Å². The zero-order valence-corrected chi connectivity index (χ0v) is 9.13. The summed E-state index contributed by atoms with van der Waals surface area (Å²) in [5.74, 6) is 1.16. The Morgan fingerprint density at radius 1 is 1.38 bits per heavy atom. The zero-order valence-electron chi connectivity index (χ0n) is 9.13. The Bertz CT molecular complexity index is 440. The molecular formula is C11H14N4O. The maximum absolute atomic E-state index is 5.79. The van der Waals surface area contributed by atoms with Crippen LogP contribution < -0.4 is 5.73 Å². The van der Waals surface area contributed by atoms with Crippen molar-refractivity contribution >= 4 is 0 Å². The van der Waals surface area contributed by atoms with E-state index in [1.54, 1.807) is 12.4 Å². The van der Waals surface area contributed by atoms with Gasteiger partial charge < -0.3 is 10.3 Å². The van der Waals surface area contributed by atoms with Crippen LogP contribution in [0.4, 0.5) is 0 Å². The van der Waals surface area contributed by atoms with E-state index < -0.39 is 0 Å². The van der Waals surface area contributed by atoms with E-state index in [0.29, 0.717) is 18.1 Å². The summed E-state index contributed by atoms with van der Waals surface area (Å²) in [4.78, 5) is 8.20. The Hall–Kier alpha value is -1.75. The summed E-state index contributed by atoms with van der Waals surface area (Å²) >= 11 is 0. The van der Waals surface area contributed by atoms with Gasteiger partial charge in [-0.15, -0.1) is 0 Å². The zero-order chi connectivity index (χ0) is 11.4. The van der Waals surface area contributed by atoms with E-state index in [2.05, 4.69) is 15.1 Å². The molecule has 0 unspecified atom stereocenters. The molecule has 16 heavy (non-hydrogen) atoms. The van der Waals surface area contributed by atoms with Crippen LogP contribution in [0.1, 0.15) is 36.7 Å². The fourth-order valence-electron chi connectivity index (χ4n) is 1.35. The van der Waals surface area contributed by atoms with Crippen molar-refractivity contribution in [2.45, 2.75) is 25.8 Å². The minimum absolute atomic E-state index is 0.168. The number of hydrogen-bond acceptors (Lipinski definition) is 5. The second-order valence-electron chi connectivity index (χ2n) is 3.60. The first-order valence-corrected chi connectivity index (χ1v) is 5.26. The van der Waals surface area contributed by atoms with Gasteiger partial charge in [0.25, 0.3) is 0 Å². The lowest BCUT2D eigenvalue weighted by Gasteiger charge is -1.99. The van der Waals surface area contributed by atoms with Crippen LogP contribution in [0.2, 0.25) is 0 Å². The first-order valence-electron chi connectivity index (χ1n) is 5.26. The molecule has 5 heteroatoms. The van der Waals surface area contributed by atoms with Gasteiger partial charge in [0.1, 0.15) is 0 Å². The van der Waals surface area contributed by atoms with E-state index in [0.717, 1.165) is 12.0 Å². The Balaban J connectivity index is 2.09. The van der Waals surface area contributed by atoms with Crippen LogP contribution >= 0.6 is 0 Å². The summed E-state index contributed by atoms with van der Waals surface area (Å²) in [5, 5.41) is 3.89. The highest BCUT2D eigenvalue weighted by atomic mass is 16.5. The molecular weight excluding hydrogens is 204 g/mol. The van der Waals surface area contributed by atoms with Gasteiger partial charge in [0, 0.05) is 18.8 Å². The molecule has 0 spiro atoms. The van der Waals surface area contributed by atoms with E-state index in [1.807, 2.05) is 19.1 Å². The van der Waals surface area contributed by atoms with Crippen molar-refractivity contribution in [3.8, 4) is 0 Å². The molecule has 84 valence electrons. The molecule has 0 amide bonds. The molecule has 0 bridgehead atoms. The Kier molecular flexibility index (Phi) is 3.26. The second-order valence-corrected chi connectivity index (χ2v) is 3.60. The van der Waals surface area contributed by atoms with Gasteiger partial charge in [0.2, 0.25) is 5.89 Å². The third kappa shape index (κ3) is 2.43. The minimum Gasteiger partial charge on any atom is -0.338 e. The average molecular weight is 218 g/mol. The van der Waals surface area contributed by atoms with Crippen molar-refractivity contribution in [1.82, 2.24) is 15.1 Å². The number of nitrogens with two attached hydrogens (primary N) is 1. The van der Waals surface area contributed by atoms with E-state index >= 15 is 0 Å². The fourth-order valence-corrected chi connectivity index (χ4v) is 1.35. The third-order valence-corrected chi connectivity index (χ3v) is 2.35. The van der Waals surface area contributed by atoms with Crippen molar-refractivity contribution in [2.24, 2.45) is 5.73 Å². The van der Waals surface area contributed by atoms with Gasteiger partial charge in [0.15, 0.2) is 5.82 Å². The number of nitrogens with zero attached hydrogens (tertiary/aromatic N) is 3. The van der Waals surface area contributed by atoms with Crippen LogP contribution in [0.3, 0.4) is 0 Å². The van der Waals surface area contributed by atoms with Gasteiger partial charge in [-0.3, -0.25) is 4.98 Å². The van der Waals surface area contributed by atoms with Crippen LogP contribution in [-0.2, 0) is 6.42 Å². The number of hydrogen-bond donors (Lipinski definition) is 1. The number of aromatic nitrogens is 3. The average Bonchev–Trinajstić information content (AvgIpc) is 2.78. The molecule has 0 aliphatic rings. The molecule has 1 atom stereocenters. The highest BCUT2D eigenvalue weighted by molar-refractivity contribution is 5.14. The van der Waals surface area contributed by atoms with Crippen LogP contribution in [0.25, 0.3) is 0 Å². The quantitative estimate of drug-likeness (QED) is 0.840. The Morgan fingerprint density at radius 3 is 2.81 bits per heavy atom. The normalized spacial score (nSPS) is 12.6. The molecule has 0 aliphatic heterocycles. The predicted octanol–water partition coefficient (Wildman–Crippen LogP) is 1.47. The molecule has 0 radical (unpaired) electrons. The highest BCUT2D eigenvalue weighted by Crippen LogP contribution is 2.12. The topological polar surface area (TPSA) is 77.8 Å². The largest absolute Gasteiger partial charge is 0.338 e. The molecule has 0 saturated heterocycles. The van der Waals surface area contributed by atoms with E-state index in [9.17, 15) is 0 Å². The van der Waals surface area contributed by atoms with Crippen LogP contribution in [0.5, 0.6) is 0 Å². The molecule has 0 fully saturated rings. The molecule has 2 N–H and O–H groups in total. The van der Waals surface area contributed by atoms with Gasteiger partial charge >= 0.3 is 0 Å². The molecule has 0 aliphatic carbocycles.